The Morgan fingerprint density at radius 3 is 2.82 bits per heavy atom. The van der Waals surface area contributed by atoms with Crippen molar-refractivity contribution in [2.75, 3.05) is 11.9 Å². The molecule has 0 bridgehead atoms. The number of carbonyl (C=O) groups excluding carboxylic acids is 2. The maximum atomic E-state index is 13.0. The second kappa shape index (κ2) is 11.2. The lowest BCUT2D eigenvalue weighted by atomic mass is 9.97. The molecule has 10 heteroatoms. The standard InChI is InChI=1S/C23H26N4O3S3/c1-2-20-25-26-22(33-20)24-19(28)12-13-27-21(29)18(32-23(27)31)14-15-8-6-7-11-17(15)30-16-9-4-3-5-10-16/h6-8,11,14,16H,2-5,9-10,12-13H2,1H3,(H,24,26,28)/b18-14-. The third-order valence-corrected chi connectivity index (χ3v) is 7.86. The number of benzene rings is 1. The molecule has 2 heterocycles. The Labute approximate surface area is 207 Å². The molecule has 0 radical (unpaired) electrons. The molecule has 1 aromatic carbocycles. The maximum Gasteiger partial charge on any atom is 0.266 e. The minimum atomic E-state index is -0.224. The van der Waals surface area contributed by atoms with E-state index < -0.39 is 0 Å². The fourth-order valence-corrected chi connectivity index (χ4v) is 5.74. The van der Waals surface area contributed by atoms with E-state index in [4.69, 9.17) is 17.0 Å². The van der Waals surface area contributed by atoms with E-state index in [0.717, 1.165) is 35.6 Å². The van der Waals surface area contributed by atoms with Crippen molar-refractivity contribution in [3.05, 3.63) is 39.7 Å². The van der Waals surface area contributed by atoms with Gasteiger partial charge in [0.25, 0.3) is 5.91 Å². The van der Waals surface area contributed by atoms with E-state index in [-0.39, 0.29) is 30.9 Å². The number of anilines is 1. The number of nitrogens with zero attached hydrogens (tertiary/aromatic N) is 3. The molecule has 4 rings (SSSR count). The zero-order chi connectivity index (χ0) is 23.2. The summed E-state index contributed by atoms with van der Waals surface area (Å²) in [6, 6.07) is 7.77. The monoisotopic (exact) mass is 502 g/mol. The number of hydrogen-bond donors (Lipinski definition) is 1. The molecule has 1 saturated heterocycles. The smallest absolute Gasteiger partial charge is 0.266 e. The summed E-state index contributed by atoms with van der Waals surface area (Å²) in [6.45, 7) is 2.20. The highest BCUT2D eigenvalue weighted by Gasteiger charge is 2.32. The van der Waals surface area contributed by atoms with Crippen LogP contribution >= 0.6 is 35.3 Å². The van der Waals surface area contributed by atoms with Crippen molar-refractivity contribution < 1.29 is 14.3 Å². The van der Waals surface area contributed by atoms with Gasteiger partial charge in [-0.05, 0) is 44.2 Å². The summed E-state index contributed by atoms with van der Waals surface area (Å²) in [5.41, 5.74) is 0.865. The molecule has 33 heavy (non-hydrogen) atoms. The lowest BCUT2D eigenvalue weighted by molar-refractivity contribution is -0.122. The van der Waals surface area contributed by atoms with E-state index in [0.29, 0.717) is 14.4 Å². The zero-order valence-corrected chi connectivity index (χ0v) is 20.9. The number of nitrogens with one attached hydrogen (secondary N) is 1. The Bertz CT molecular complexity index is 1060. The van der Waals surface area contributed by atoms with Crippen LogP contribution in [0.3, 0.4) is 0 Å². The molecule has 7 nitrogen and oxygen atoms in total. The lowest BCUT2D eigenvalue weighted by Crippen LogP contribution is -2.31. The zero-order valence-electron chi connectivity index (χ0n) is 18.4. The molecule has 174 valence electrons. The van der Waals surface area contributed by atoms with Gasteiger partial charge in [0, 0.05) is 18.5 Å². The van der Waals surface area contributed by atoms with Crippen molar-refractivity contribution in [3.63, 3.8) is 0 Å². The summed E-state index contributed by atoms with van der Waals surface area (Å²) < 4.78 is 6.71. The van der Waals surface area contributed by atoms with Crippen molar-refractivity contribution >= 4 is 62.7 Å². The van der Waals surface area contributed by atoms with Crippen LogP contribution < -0.4 is 10.1 Å². The maximum absolute atomic E-state index is 13.0. The molecule has 2 aliphatic rings. The van der Waals surface area contributed by atoms with Crippen LogP contribution in [0.2, 0.25) is 0 Å². The lowest BCUT2D eigenvalue weighted by Gasteiger charge is -2.23. The molecule has 2 amide bonds. The van der Waals surface area contributed by atoms with E-state index in [1.54, 1.807) is 0 Å². The van der Waals surface area contributed by atoms with Gasteiger partial charge in [0.2, 0.25) is 11.0 Å². The first-order valence-electron chi connectivity index (χ1n) is 11.2. The number of amides is 2. The van der Waals surface area contributed by atoms with Gasteiger partial charge >= 0.3 is 0 Å². The van der Waals surface area contributed by atoms with Gasteiger partial charge in [-0.3, -0.25) is 14.5 Å². The number of thioether (sulfide) groups is 1. The fraction of sp³-hybridized carbons (Fsp3) is 0.435. The topological polar surface area (TPSA) is 84.4 Å². The van der Waals surface area contributed by atoms with E-state index >= 15 is 0 Å². The van der Waals surface area contributed by atoms with Gasteiger partial charge < -0.3 is 10.1 Å². The van der Waals surface area contributed by atoms with Crippen molar-refractivity contribution in [3.8, 4) is 5.75 Å². The minimum absolute atomic E-state index is 0.127. The minimum Gasteiger partial charge on any atom is -0.490 e. The normalized spacial score (nSPS) is 18.2. The molecule has 1 aromatic heterocycles. The Hall–Kier alpha value is -2.30. The quantitative estimate of drug-likeness (QED) is 0.400. The second-order valence-corrected chi connectivity index (χ2v) is 10.6. The predicted molar refractivity (Wildman–Crippen MR) is 136 cm³/mol. The number of para-hydroxylation sites is 1. The van der Waals surface area contributed by atoms with E-state index in [2.05, 4.69) is 15.5 Å². The molecule has 0 unspecified atom stereocenters. The number of carbonyl (C=O) groups is 2. The van der Waals surface area contributed by atoms with E-state index in [1.807, 2.05) is 37.3 Å². The number of ether oxygens (including phenoxy) is 1. The summed E-state index contributed by atoms with van der Waals surface area (Å²) in [7, 11) is 0. The molecule has 2 fully saturated rings. The Kier molecular flexibility index (Phi) is 8.11. The fourth-order valence-electron chi connectivity index (χ4n) is 3.75. The van der Waals surface area contributed by atoms with Crippen molar-refractivity contribution in [2.45, 2.75) is 58.0 Å². The summed E-state index contributed by atoms with van der Waals surface area (Å²) in [5, 5.41) is 12.0. The molecule has 1 N–H and O–H groups in total. The van der Waals surface area contributed by atoms with Crippen molar-refractivity contribution in [2.24, 2.45) is 0 Å². The summed E-state index contributed by atoms with van der Waals surface area (Å²) in [5.74, 6) is 0.380. The highest BCUT2D eigenvalue weighted by Crippen LogP contribution is 2.35. The van der Waals surface area contributed by atoms with Crippen LogP contribution in [0.25, 0.3) is 6.08 Å². The molecule has 0 atom stereocenters. The Balaban J connectivity index is 1.38. The highest BCUT2D eigenvalue weighted by atomic mass is 32.2. The molecule has 0 spiro atoms. The van der Waals surface area contributed by atoms with Gasteiger partial charge in [-0.25, -0.2) is 0 Å². The first-order chi connectivity index (χ1) is 16.0. The van der Waals surface area contributed by atoms with Gasteiger partial charge in [-0.2, -0.15) is 0 Å². The SMILES string of the molecule is CCc1nnc(NC(=O)CCN2C(=O)/C(=C/c3ccccc3OC3CCCCC3)SC2=S)s1. The summed E-state index contributed by atoms with van der Waals surface area (Å²) in [4.78, 5) is 27.3. The molecule has 1 saturated carbocycles. The Morgan fingerprint density at radius 1 is 1.27 bits per heavy atom. The summed E-state index contributed by atoms with van der Waals surface area (Å²) in [6.07, 6.45) is 8.74. The van der Waals surface area contributed by atoms with Crippen LogP contribution in [0.4, 0.5) is 5.13 Å². The van der Waals surface area contributed by atoms with Gasteiger partial charge in [-0.15, -0.1) is 10.2 Å². The molecule has 1 aliphatic carbocycles. The average Bonchev–Trinajstić information content (AvgIpc) is 3.38. The molecular formula is C23H26N4O3S3. The first-order valence-corrected chi connectivity index (χ1v) is 13.2. The van der Waals surface area contributed by atoms with Crippen molar-refractivity contribution in [1.82, 2.24) is 15.1 Å². The van der Waals surface area contributed by atoms with Crippen molar-refractivity contribution in [1.29, 1.82) is 0 Å². The van der Waals surface area contributed by atoms with Gasteiger partial charge in [0.1, 0.15) is 15.1 Å². The van der Waals surface area contributed by atoms with Crippen LogP contribution in [0.1, 0.15) is 56.0 Å². The van der Waals surface area contributed by atoms with Crippen LogP contribution in [-0.2, 0) is 16.0 Å². The molecular weight excluding hydrogens is 476 g/mol. The number of rotatable bonds is 8. The van der Waals surface area contributed by atoms with Gasteiger partial charge in [0.05, 0.1) is 11.0 Å². The first kappa shape index (κ1) is 23.8. The predicted octanol–water partition coefficient (Wildman–Crippen LogP) is 5.04. The molecule has 2 aromatic rings. The average molecular weight is 503 g/mol. The second-order valence-electron chi connectivity index (χ2n) is 7.90. The third kappa shape index (κ3) is 6.18. The molecule has 1 aliphatic heterocycles. The van der Waals surface area contributed by atoms with Gasteiger partial charge in [0.15, 0.2) is 0 Å². The van der Waals surface area contributed by atoms with E-state index in [1.165, 1.54) is 47.3 Å². The third-order valence-electron chi connectivity index (χ3n) is 5.50. The summed E-state index contributed by atoms with van der Waals surface area (Å²) >= 11 is 8.02. The Morgan fingerprint density at radius 2 is 2.06 bits per heavy atom. The number of thiocarbonyl (C=S) groups is 1. The number of aromatic nitrogens is 2. The number of aryl methyl sites for hydroxylation is 1. The van der Waals surface area contributed by atoms with Crippen LogP contribution in [0.15, 0.2) is 29.2 Å². The number of hydrogen-bond acceptors (Lipinski definition) is 8. The largest absolute Gasteiger partial charge is 0.490 e. The van der Waals surface area contributed by atoms with E-state index in [9.17, 15) is 9.59 Å². The van der Waals surface area contributed by atoms with Gasteiger partial charge in [-0.1, -0.05) is 66.9 Å². The van der Waals surface area contributed by atoms with Crippen LogP contribution in [0, 0.1) is 0 Å². The highest BCUT2D eigenvalue weighted by molar-refractivity contribution is 8.26. The van der Waals surface area contributed by atoms with Crippen LogP contribution in [0.5, 0.6) is 5.75 Å². The van der Waals surface area contributed by atoms with Crippen LogP contribution in [-0.4, -0.2) is 43.9 Å².